The van der Waals surface area contributed by atoms with E-state index in [-0.39, 0.29) is 5.54 Å². The number of rotatable bonds is 4. The van der Waals surface area contributed by atoms with Crippen LogP contribution in [0.15, 0.2) is 29.0 Å². The second kappa shape index (κ2) is 4.72. The Morgan fingerprint density at radius 2 is 2.26 bits per heavy atom. The molecule has 0 aromatic carbocycles. The van der Waals surface area contributed by atoms with Crippen molar-refractivity contribution >= 4 is 32.7 Å². The first-order chi connectivity index (χ1) is 9.12. The van der Waals surface area contributed by atoms with E-state index in [0.29, 0.717) is 12.5 Å². The predicted octanol–water partition coefficient (Wildman–Crippen LogP) is 2.93. The smallest absolute Gasteiger partial charge is 0.112 e. The van der Waals surface area contributed by atoms with Crippen LogP contribution in [-0.4, -0.2) is 22.1 Å². The van der Waals surface area contributed by atoms with E-state index in [4.69, 9.17) is 5.73 Å². The van der Waals surface area contributed by atoms with Crippen molar-refractivity contribution in [1.29, 1.82) is 0 Å². The summed E-state index contributed by atoms with van der Waals surface area (Å²) >= 11 is 3.42. The number of nitrogens with one attached hydrogen (secondary N) is 1. The van der Waals surface area contributed by atoms with Crippen molar-refractivity contribution in [2.75, 3.05) is 11.9 Å². The lowest BCUT2D eigenvalue weighted by molar-refractivity contribution is 0.460. The van der Waals surface area contributed by atoms with E-state index in [1.165, 1.54) is 12.8 Å². The highest BCUT2D eigenvalue weighted by Crippen LogP contribution is 2.41. The zero-order valence-corrected chi connectivity index (χ0v) is 12.4. The van der Waals surface area contributed by atoms with Gasteiger partial charge in [0.2, 0.25) is 0 Å². The van der Waals surface area contributed by atoms with Gasteiger partial charge in [0.1, 0.15) is 5.52 Å². The first kappa shape index (κ1) is 12.8. The molecule has 100 valence electrons. The normalized spacial score (nSPS) is 18.3. The monoisotopic (exact) mass is 320 g/mol. The van der Waals surface area contributed by atoms with Crippen molar-refractivity contribution in [2.24, 2.45) is 11.7 Å². The fraction of sp³-hybridized carbons (Fsp3) is 0.429. The molecule has 2 heterocycles. The third-order valence-corrected chi connectivity index (χ3v) is 4.30. The number of hydrogen-bond donors (Lipinski definition) is 2. The fourth-order valence-electron chi connectivity index (χ4n) is 2.45. The molecular weight excluding hydrogens is 304 g/mol. The molecule has 2 aromatic heterocycles. The van der Waals surface area contributed by atoms with E-state index >= 15 is 0 Å². The molecule has 2 aromatic rings. The first-order valence-electron chi connectivity index (χ1n) is 6.51. The lowest BCUT2D eigenvalue weighted by Crippen LogP contribution is -2.44. The summed E-state index contributed by atoms with van der Waals surface area (Å²) in [6.45, 7) is 2.81. The standard InChI is InChI=1S/C14H17BrN4/c1-14(8-16,9-2-3-9)19-11-4-5-17-12-6-10(15)7-18-13(11)12/h4-7,9H,2-3,8,16H2,1H3,(H,17,19). The van der Waals surface area contributed by atoms with Gasteiger partial charge in [0.15, 0.2) is 0 Å². The van der Waals surface area contributed by atoms with Gasteiger partial charge < -0.3 is 11.1 Å². The summed E-state index contributed by atoms with van der Waals surface area (Å²) in [4.78, 5) is 8.82. The molecule has 0 radical (unpaired) electrons. The van der Waals surface area contributed by atoms with Gasteiger partial charge in [0, 0.05) is 29.0 Å². The molecule has 1 atom stereocenters. The van der Waals surface area contributed by atoms with Gasteiger partial charge in [-0.2, -0.15) is 0 Å². The van der Waals surface area contributed by atoms with Gasteiger partial charge in [-0.3, -0.25) is 9.97 Å². The maximum absolute atomic E-state index is 5.96. The van der Waals surface area contributed by atoms with Gasteiger partial charge >= 0.3 is 0 Å². The third-order valence-electron chi connectivity index (χ3n) is 3.87. The third kappa shape index (κ3) is 2.44. The van der Waals surface area contributed by atoms with Crippen LogP contribution in [0.25, 0.3) is 11.0 Å². The van der Waals surface area contributed by atoms with Gasteiger partial charge in [-0.15, -0.1) is 0 Å². The van der Waals surface area contributed by atoms with Crippen molar-refractivity contribution in [2.45, 2.75) is 25.3 Å². The minimum absolute atomic E-state index is 0.0525. The molecule has 0 spiro atoms. The molecule has 1 aliphatic rings. The van der Waals surface area contributed by atoms with Crippen molar-refractivity contribution in [3.63, 3.8) is 0 Å². The SMILES string of the molecule is CC(CN)(Nc1ccnc2cc(Br)cnc12)C1CC1. The van der Waals surface area contributed by atoms with Crippen LogP contribution in [0.4, 0.5) is 5.69 Å². The largest absolute Gasteiger partial charge is 0.376 e. The molecule has 3 N–H and O–H groups in total. The van der Waals surface area contributed by atoms with Crippen LogP contribution in [0.3, 0.4) is 0 Å². The molecule has 0 aliphatic heterocycles. The minimum atomic E-state index is -0.0525. The van der Waals surface area contributed by atoms with Gasteiger partial charge in [0.05, 0.1) is 11.2 Å². The van der Waals surface area contributed by atoms with E-state index in [2.05, 4.69) is 38.1 Å². The Hall–Kier alpha value is -1.20. The Morgan fingerprint density at radius 3 is 2.95 bits per heavy atom. The Kier molecular flexibility index (Phi) is 3.19. The van der Waals surface area contributed by atoms with Crippen LogP contribution in [0.2, 0.25) is 0 Å². The fourth-order valence-corrected chi connectivity index (χ4v) is 2.77. The highest BCUT2D eigenvalue weighted by atomic mass is 79.9. The highest BCUT2D eigenvalue weighted by Gasteiger charge is 2.40. The number of halogens is 1. The van der Waals surface area contributed by atoms with E-state index in [9.17, 15) is 0 Å². The average molecular weight is 321 g/mol. The number of anilines is 1. The molecule has 0 amide bonds. The zero-order chi connectivity index (χ0) is 13.5. The van der Waals surface area contributed by atoms with Crippen LogP contribution in [-0.2, 0) is 0 Å². The van der Waals surface area contributed by atoms with Crippen molar-refractivity contribution < 1.29 is 0 Å². The molecule has 3 rings (SSSR count). The Bertz CT molecular complexity index is 611. The summed E-state index contributed by atoms with van der Waals surface area (Å²) < 4.78 is 0.938. The summed E-state index contributed by atoms with van der Waals surface area (Å²) in [5, 5.41) is 3.59. The molecule has 0 saturated heterocycles. The second-order valence-electron chi connectivity index (χ2n) is 5.40. The average Bonchev–Trinajstić information content (AvgIpc) is 3.23. The molecule has 0 bridgehead atoms. The number of nitrogens with zero attached hydrogens (tertiary/aromatic N) is 2. The van der Waals surface area contributed by atoms with E-state index in [0.717, 1.165) is 21.2 Å². The topological polar surface area (TPSA) is 63.8 Å². The summed E-state index contributed by atoms with van der Waals surface area (Å²) in [6.07, 6.45) is 6.11. The molecule has 1 unspecified atom stereocenters. The number of hydrogen-bond acceptors (Lipinski definition) is 4. The Balaban J connectivity index is 2.00. The molecule has 5 heteroatoms. The second-order valence-corrected chi connectivity index (χ2v) is 6.32. The number of pyridine rings is 2. The molecule has 1 aliphatic carbocycles. The van der Waals surface area contributed by atoms with Crippen molar-refractivity contribution in [1.82, 2.24) is 9.97 Å². The molecule has 4 nitrogen and oxygen atoms in total. The van der Waals surface area contributed by atoms with Crippen LogP contribution < -0.4 is 11.1 Å². The van der Waals surface area contributed by atoms with Crippen LogP contribution >= 0.6 is 15.9 Å². The maximum atomic E-state index is 5.96. The summed E-state index contributed by atoms with van der Waals surface area (Å²) in [5.74, 6) is 0.663. The summed E-state index contributed by atoms with van der Waals surface area (Å²) in [5.41, 5.74) is 8.70. The molecule has 19 heavy (non-hydrogen) atoms. The lowest BCUT2D eigenvalue weighted by atomic mass is 9.95. The van der Waals surface area contributed by atoms with E-state index in [1.54, 1.807) is 6.20 Å². The Morgan fingerprint density at radius 1 is 1.47 bits per heavy atom. The number of nitrogens with two attached hydrogens (primary N) is 1. The van der Waals surface area contributed by atoms with Crippen molar-refractivity contribution in [3.05, 3.63) is 29.0 Å². The number of aromatic nitrogens is 2. The van der Waals surface area contributed by atoms with Crippen molar-refractivity contribution in [3.8, 4) is 0 Å². The predicted molar refractivity (Wildman–Crippen MR) is 81.0 cm³/mol. The van der Waals surface area contributed by atoms with E-state index < -0.39 is 0 Å². The number of fused-ring (bicyclic) bond motifs is 1. The quantitative estimate of drug-likeness (QED) is 0.909. The van der Waals surface area contributed by atoms with Crippen LogP contribution in [0.1, 0.15) is 19.8 Å². The maximum Gasteiger partial charge on any atom is 0.112 e. The Labute approximate surface area is 120 Å². The highest BCUT2D eigenvalue weighted by molar-refractivity contribution is 9.10. The van der Waals surface area contributed by atoms with Gasteiger partial charge in [-0.25, -0.2) is 0 Å². The van der Waals surface area contributed by atoms with Gasteiger partial charge in [0.25, 0.3) is 0 Å². The molecule has 1 saturated carbocycles. The van der Waals surface area contributed by atoms with Crippen LogP contribution in [0, 0.1) is 5.92 Å². The summed E-state index contributed by atoms with van der Waals surface area (Å²) in [7, 11) is 0. The summed E-state index contributed by atoms with van der Waals surface area (Å²) in [6, 6.07) is 3.95. The first-order valence-corrected chi connectivity index (χ1v) is 7.30. The molecular formula is C14H17BrN4. The van der Waals surface area contributed by atoms with Crippen LogP contribution in [0.5, 0.6) is 0 Å². The molecule has 1 fully saturated rings. The lowest BCUT2D eigenvalue weighted by Gasteiger charge is -2.31. The minimum Gasteiger partial charge on any atom is -0.376 e. The van der Waals surface area contributed by atoms with Gasteiger partial charge in [-0.05, 0) is 53.7 Å². The van der Waals surface area contributed by atoms with Gasteiger partial charge in [-0.1, -0.05) is 0 Å². The zero-order valence-electron chi connectivity index (χ0n) is 10.9. The van der Waals surface area contributed by atoms with E-state index in [1.807, 2.05) is 18.3 Å².